The van der Waals surface area contributed by atoms with E-state index in [4.69, 9.17) is 4.84 Å². The Balaban J connectivity index is 1.80. The van der Waals surface area contributed by atoms with E-state index in [-0.39, 0.29) is 16.9 Å². The van der Waals surface area contributed by atoms with Crippen LogP contribution in [0.2, 0.25) is 0 Å². The van der Waals surface area contributed by atoms with Gasteiger partial charge in [-0.1, -0.05) is 0 Å². The number of hydrogen-bond acceptors (Lipinski definition) is 6. The first-order valence-corrected chi connectivity index (χ1v) is 11.6. The van der Waals surface area contributed by atoms with E-state index in [1.165, 1.54) is 10.7 Å². The molecular formula is C23H24IN5O4. The van der Waals surface area contributed by atoms with Gasteiger partial charge in [-0.15, -0.1) is 0 Å². The van der Waals surface area contributed by atoms with Crippen LogP contribution in [0.4, 0.5) is 17.1 Å². The second-order valence-corrected chi connectivity index (χ2v) is 9.50. The number of nitro groups is 1. The van der Waals surface area contributed by atoms with Gasteiger partial charge >= 0.3 is 0 Å². The fourth-order valence-electron chi connectivity index (χ4n) is 3.53. The maximum atomic E-state index is 13.0. The lowest BCUT2D eigenvalue weighted by atomic mass is 10.1. The van der Waals surface area contributed by atoms with Crippen molar-refractivity contribution in [3.05, 3.63) is 72.6 Å². The van der Waals surface area contributed by atoms with E-state index < -0.39 is 10.8 Å². The number of benzene rings is 2. The van der Waals surface area contributed by atoms with Crippen molar-refractivity contribution in [2.24, 2.45) is 5.92 Å². The van der Waals surface area contributed by atoms with Crippen LogP contribution in [0.3, 0.4) is 0 Å². The number of rotatable bonds is 8. The Morgan fingerprint density at radius 2 is 1.97 bits per heavy atom. The predicted molar refractivity (Wildman–Crippen MR) is 133 cm³/mol. The number of hydroxylamine groups is 1. The van der Waals surface area contributed by atoms with E-state index in [0.717, 1.165) is 39.1 Å². The average Bonchev–Trinajstić information content (AvgIpc) is 3.51. The maximum Gasteiger partial charge on any atom is 0.295 e. The molecule has 1 heterocycles. The molecule has 1 saturated carbocycles. The van der Waals surface area contributed by atoms with Crippen LogP contribution in [-0.2, 0) is 4.84 Å². The smallest absolute Gasteiger partial charge is 0.295 e. The first kappa shape index (κ1) is 23.2. The summed E-state index contributed by atoms with van der Waals surface area (Å²) in [6, 6.07) is 10.6. The Kier molecular flexibility index (Phi) is 6.66. The van der Waals surface area contributed by atoms with E-state index in [9.17, 15) is 14.9 Å². The van der Waals surface area contributed by atoms with Gasteiger partial charge in [0.15, 0.2) is 0 Å². The first-order chi connectivity index (χ1) is 15.7. The molecule has 3 aromatic rings. The minimum atomic E-state index is -0.552. The van der Waals surface area contributed by atoms with Gasteiger partial charge in [-0.25, -0.2) is 10.2 Å². The molecule has 0 saturated heterocycles. The number of aryl methyl sites for hydroxylation is 3. The van der Waals surface area contributed by atoms with Gasteiger partial charge in [0.2, 0.25) is 0 Å². The van der Waals surface area contributed by atoms with Gasteiger partial charge in [-0.05, 0) is 98.0 Å². The lowest BCUT2D eigenvalue weighted by Gasteiger charge is -2.16. The summed E-state index contributed by atoms with van der Waals surface area (Å²) in [5, 5.41) is 19.6. The van der Waals surface area contributed by atoms with Gasteiger partial charge in [0, 0.05) is 21.0 Å². The van der Waals surface area contributed by atoms with Crippen molar-refractivity contribution in [2.75, 3.05) is 11.9 Å². The minimum absolute atomic E-state index is 0.112. The zero-order valence-electron chi connectivity index (χ0n) is 18.5. The first-order valence-electron chi connectivity index (χ1n) is 10.5. The summed E-state index contributed by atoms with van der Waals surface area (Å²) >= 11 is 2.23. The summed E-state index contributed by atoms with van der Waals surface area (Å²) in [6.45, 7) is 6.03. The zero-order chi connectivity index (χ0) is 23.7. The highest BCUT2D eigenvalue weighted by Gasteiger charge is 2.26. The van der Waals surface area contributed by atoms with Crippen LogP contribution in [0.15, 0.2) is 36.4 Å². The molecule has 0 unspecified atom stereocenters. The fourth-order valence-corrected chi connectivity index (χ4v) is 4.18. The van der Waals surface area contributed by atoms with E-state index >= 15 is 0 Å². The SMILES string of the molecule is Cc1cc(C)n(-c2cc(Nc3ccc(I)cc3C)c(C(=O)NOCC3CC3)cc2[N+](=O)[O-])n1. The fraction of sp³-hybridized carbons (Fsp3) is 0.304. The third-order valence-electron chi connectivity index (χ3n) is 5.43. The molecule has 1 amide bonds. The van der Waals surface area contributed by atoms with E-state index in [0.29, 0.717) is 18.2 Å². The molecule has 10 heteroatoms. The van der Waals surface area contributed by atoms with Crippen molar-refractivity contribution in [2.45, 2.75) is 33.6 Å². The average molecular weight is 561 g/mol. The number of amides is 1. The summed E-state index contributed by atoms with van der Waals surface area (Å²) in [7, 11) is 0. The molecule has 1 aliphatic rings. The number of nitrogens with zero attached hydrogens (tertiary/aromatic N) is 3. The minimum Gasteiger partial charge on any atom is -0.355 e. The van der Waals surface area contributed by atoms with Crippen LogP contribution in [0.25, 0.3) is 5.69 Å². The molecule has 0 radical (unpaired) electrons. The van der Waals surface area contributed by atoms with Crippen LogP contribution in [0, 0.1) is 40.4 Å². The number of hydrogen-bond donors (Lipinski definition) is 2. The second kappa shape index (κ2) is 9.48. The Morgan fingerprint density at radius 1 is 1.21 bits per heavy atom. The summed E-state index contributed by atoms with van der Waals surface area (Å²) in [5.74, 6) is -0.0931. The summed E-state index contributed by atoms with van der Waals surface area (Å²) in [5.41, 5.74) is 6.26. The number of carbonyl (C=O) groups is 1. The molecule has 2 N–H and O–H groups in total. The predicted octanol–water partition coefficient (Wildman–Crippen LogP) is 5.13. The van der Waals surface area contributed by atoms with Crippen LogP contribution in [0.1, 0.15) is 40.2 Å². The molecule has 0 aliphatic heterocycles. The second-order valence-electron chi connectivity index (χ2n) is 8.25. The molecule has 33 heavy (non-hydrogen) atoms. The Morgan fingerprint density at radius 3 is 2.58 bits per heavy atom. The molecule has 1 fully saturated rings. The van der Waals surface area contributed by atoms with Crippen molar-refractivity contribution in [3.63, 3.8) is 0 Å². The molecule has 172 valence electrons. The van der Waals surface area contributed by atoms with Gasteiger partial charge in [0.1, 0.15) is 5.69 Å². The number of nitro benzene ring substituents is 1. The highest BCUT2D eigenvalue weighted by Crippen LogP contribution is 2.34. The molecule has 9 nitrogen and oxygen atoms in total. The summed E-state index contributed by atoms with van der Waals surface area (Å²) in [6.07, 6.45) is 2.16. The molecule has 2 aromatic carbocycles. The largest absolute Gasteiger partial charge is 0.355 e. The summed E-state index contributed by atoms with van der Waals surface area (Å²) < 4.78 is 2.60. The van der Waals surface area contributed by atoms with Crippen LogP contribution >= 0.6 is 22.6 Å². The van der Waals surface area contributed by atoms with Crippen LogP contribution in [0.5, 0.6) is 0 Å². The van der Waals surface area contributed by atoms with Gasteiger partial charge in [0.05, 0.1) is 28.5 Å². The quantitative estimate of drug-likeness (QED) is 0.224. The lowest BCUT2D eigenvalue weighted by Crippen LogP contribution is -2.26. The van der Waals surface area contributed by atoms with Crippen molar-refractivity contribution in [3.8, 4) is 5.69 Å². The lowest BCUT2D eigenvalue weighted by molar-refractivity contribution is -0.384. The van der Waals surface area contributed by atoms with Gasteiger partial charge in [-0.2, -0.15) is 5.10 Å². The number of halogens is 1. The van der Waals surface area contributed by atoms with Crippen molar-refractivity contribution in [1.82, 2.24) is 15.3 Å². The van der Waals surface area contributed by atoms with Gasteiger partial charge < -0.3 is 5.32 Å². The molecule has 4 rings (SSSR count). The van der Waals surface area contributed by atoms with Crippen LogP contribution < -0.4 is 10.8 Å². The Hall–Kier alpha value is -2.99. The molecule has 1 aliphatic carbocycles. The maximum absolute atomic E-state index is 13.0. The number of nitrogens with one attached hydrogen (secondary N) is 2. The standard InChI is InChI=1S/C23H24IN5O4/c1-13-8-17(24)6-7-19(13)25-20-11-21(28-15(3)9-14(2)26-28)22(29(31)32)10-18(20)23(30)27-33-12-16-4-5-16/h6-11,16,25H,4-5,12H2,1-3H3,(H,27,30). The normalized spacial score (nSPS) is 13.1. The van der Waals surface area contributed by atoms with E-state index in [1.807, 2.05) is 45.0 Å². The Bertz CT molecular complexity index is 1240. The number of anilines is 2. The van der Waals surface area contributed by atoms with Crippen molar-refractivity contribution < 1.29 is 14.6 Å². The topological polar surface area (TPSA) is 111 Å². The Labute approximate surface area is 204 Å². The third kappa shape index (κ3) is 5.33. The van der Waals surface area contributed by atoms with Crippen LogP contribution in [-0.4, -0.2) is 27.2 Å². The van der Waals surface area contributed by atoms with Gasteiger partial charge in [-0.3, -0.25) is 19.7 Å². The number of carbonyl (C=O) groups excluding carboxylic acids is 1. The number of aromatic nitrogens is 2. The molecule has 1 aromatic heterocycles. The molecule has 0 atom stereocenters. The summed E-state index contributed by atoms with van der Waals surface area (Å²) in [4.78, 5) is 29.7. The van der Waals surface area contributed by atoms with Crippen molar-refractivity contribution in [1.29, 1.82) is 0 Å². The highest BCUT2D eigenvalue weighted by atomic mass is 127. The van der Waals surface area contributed by atoms with Crippen molar-refractivity contribution >= 4 is 45.6 Å². The molecular weight excluding hydrogens is 537 g/mol. The van der Waals surface area contributed by atoms with E-state index in [2.05, 4.69) is 38.5 Å². The molecule has 0 bridgehead atoms. The zero-order valence-corrected chi connectivity index (χ0v) is 20.7. The third-order valence-corrected chi connectivity index (χ3v) is 6.10. The van der Waals surface area contributed by atoms with Gasteiger partial charge in [0.25, 0.3) is 11.6 Å². The molecule has 0 spiro atoms. The monoisotopic (exact) mass is 561 g/mol. The van der Waals surface area contributed by atoms with E-state index in [1.54, 1.807) is 6.07 Å². The highest BCUT2D eigenvalue weighted by molar-refractivity contribution is 14.1.